The van der Waals surface area contributed by atoms with Crippen LogP contribution in [0.5, 0.6) is 0 Å². The van der Waals surface area contributed by atoms with Crippen molar-refractivity contribution in [2.24, 2.45) is 0 Å². The van der Waals surface area contributed by atoms with E-state index in [4.69, 9.17) is 11.6 Å². The van der Waals surface area contributed by atoms with Crippen LogP contribution in [0, 0.1) is 0 Å². The molecular weight excluding hydrogens is 510 g/mol. The summed E-state index contributed by atoms with van der Waals surface area (Å²) >= 11 is 7.79. The molecular formula is C31H22ClN5S. The molecule has 4 aromatic carbocycles. The summed E-state index contributed by atoms with van der Waals surface area (Å²) in [5.74, 6) is 0.0585. The summed E-state index contributed by atoms with van der Waals surface area (Å²) in [5, 5.41) is 16.7. The van der Waals surface area contributed by atoms with Crippen molar-refractivity contribution < 1.29 is 0 Å². The highest BCUT2D eigenvalue weighted by atomic mass is 35.5. The lowest BCUT2D eigenvalue weighted by Gasteiger charge is -2.18. The molecule has 0 saturated carbocycles. The Morgan fingerprint density at radius 2 is 1.29 bits per heavy atom. The van der Waals surface area contributed by atoms with E-state index in [2.05, 4.69) is 111 Å². The van der Waals surface area contributed by atoms with Gasteiger partial charge in [-0.3, -0.25) is 0 Å². The Balaban J connectivity index is 1.27. The van der Waals surface area contributed by atoms with Gasteiger partial charge in [-0.2, -0.15) is 0 Å². The number of halogens is 1. The van der Waals surface area contributed by atoms with Gasteiger partial charge in [0.1, 0.15) is 5.01 Å². The summed E-state index contributed by atoms with van der Waals surface area (Å²) in [5.41, 5.74) is 7.82. The van der Waals surface area contributed by atoms with Gasteiger partial charge in [0.2, 0.25) is 5.13 Å². The van der Waals surface area contributed by atoms with E-state index in [0.29, 0.717) is 10.2 Å². The Bertz CT molecular complexity index is 1810. The zero-order valence-corrected chi connectivity index (χ0v) is 21.7. The second-order valence-corrected chi connectivity index (χ2v) is 10.5. The first-order chi connectivity index (χ1) is 18.7. The van der Waals surface area contributed by atoms with E-state index >= 15 is 0 Å². The van der Waals surface area contributed by atoms with Gasteiger partial charge in [0.25, 0.3) is 0 Å². The van der Waals surface area contributed by atoms with Gasteiger partial charge in [0.15, 0.2) is 0 Å². The Morgan fingerprint density at radius 1 is 0.684 bits per heavy atom. The monoisotopic (exact) mass is 531 g/mol. The molecule has 0 fully saturated rings. The highest BCUT2D eigenvalue weighted by Gasteiger charge is 2.23. The van der Waals surface area contributed by atoms with Crippen molar-refractivity contribution in [1.29, 1.82) is 0 Å². The number of aromatic amines is 2. The van der Waals surface area contributed by atoms with Crippen LogP contribution in [0.15, 0.2) is 109 Å². The zero-order valence-electron chi connectivity index (χ0n) is 20.2. The molecule has 0 bridgehead atoms. The average Bonchev–Trinajstić information content (AvgIpc) is 3.70. The van der Waals surface area contributed by atoms with E-state index in [1.54, 1.807) is 0 Å². The number of nitrogens with zero attached hydrogens (tertiary/aromatic N) is 2. The molecule has 0 amide bonds. The molecule has 3 N–H and O–H groups in total. The number of hydrogen-bond acceptors (Lipinski definition) is 4. The minimum atomic E-state index is 0.0585. The first-order valence-corrected chi connectivity index (χ1v) is 13.5. The van der Waals surface area contributed by atoms with E-state index in [0.717, 1.165) is 27.3 Å². The van der Waals surface area contributed by atoms with Gasteiger partial charge in [-0.25, -0.2) is 0 Å². The predicted molar refractivity (Wildman–Crippen MR) is 158 cm³/mol. The molecule has 7 aromatic rings. The Kier molecular flexibility index (Phi) is 5.69. The van der Waals surface area contributed by atoms with Crippen LogP contribution in [0.2, 0.25) is 5.02 Å². The quantitative estimate of drug-likeness (QED) is 0.201. The number of rotatable bonds is 6. The summed E-state index contributed by atoms with van der Waals surface area (Å²) < 4.78 is 0. The second kappa shape index (κ2) is 9.49. The first-order valence-electron chi connectivity index (χ1n) is 12.3. The van der Waals surface area contributed by atoms with Crippen molar-refractivity contribution in [3.05, 3.63) is 131 Å². The summed E-state index contributed by atoms with van der Waals surface area (Å²) in [6.45, 7) is 0. The molecule has 0 aliphatic carbocycles. The van der Waals surface area contributed by atoms with Crippen LogP contribution in [0.25, 0.3) is 32.4 Å². The van der Waals surface area contributed by atoms with Crippen LogP contribution in [0.4, 0.5) is 10.8 Å². The van der Waals surface area contributed by atoms with E-state index in [1.165, 1.54) is 38.8 Å². The van der Waals surface area contributed by atoms with Gasteiger partial charge in [0.05, 0.1) is 10.7 Å². The molecule has 38 heavy (non-hydrogen) atoms. The maximum Gasteiger partial charge on any atom is 0.210 e. The van der Waals surface area contributed by atoms with Crippen molar-refractivity contribution >= 4 is 55.6 Å². The molecule has 0 saturated heterocycles. The van der Waals surface area contributed by atoms with Crippen molar-refractivity contribution in [1.82, 2.24) is 20.2 Å². The normalized spacial score (nSPS) is 11.5. The SMILES string of the molecule is Clc1ccccc1Nc1nnc(-c2ccc(C(c3c[nH]c4ccccc34)c3c[nH]c4ccccc34)cc2)s1. The highest BCUT2D eigenvalue weighted by Crippen LogP contribution is 2.40. The summed E-state index contributed by atoms with van der Waals surface area (Å²) in [4.78, 5) is 6.94. The fraction of sp³-hybridized carbons (Fsp3) is 0.0323. The number of nitrogens with one attached hydrogen (secondary N) is 3. The molecule has 5 nitrogen and oxygen atoms in total. The Hall–Kier alpha value is -4.39. The molecule has 7 rings (SSSR count). The molecule has 7 heteroatoms. The fourth-order valence-corrected chi connectivity index (χ4v) is 6.02. The topological polar surface area (TPSA) is 69.4 Å². The predicted octanol–water partition coefficient (Wildman–Crippen LogP) is 8.74. The minimum Gasteiger partial charge on any atom is -0.361 e. The number of hydrogen-bond donors (Lipinski definition) is 3. The third kappa shape index (κ3) is 4.04. The van der Waals surface area contributed by atoms with Gasteiger partial charge in [-0.15, -0.1) is 10.2 Å². The number of para-hydroxylation sites is 3. The van der Waals surface area contributed by atoms with E-state index in [-0.39, 0.29) is 5.92 Å². The smallest absolute Gasteiger partial charge is 0.210 e. The lowest BCUT2D eigenvalue weighted by Crippen LogP contribution is -2.02. The van der Waals surface area contributed by atoms with Gasteiger partial charge >= 0.3 is 0 Å². The van der Waals surface area contributed by atoms with Gasteiger partial charge in [0, 0.05) is 45.7 Å². The third-order valence-corrected chi connectivity index (χ3v) is 8.11. The lowest BCUT2D eigenvalue weighted by atomic mass is 9.84. The van der Waals surface area contributed by atoms with E-state index in [9.17, 15) is 0 Å². The first kappa shape index (κ1) is 22.8. The van der Waals surface area contributed by atoms with Crippen molar-refractivity contribution in [2.75, 3.05) is 5.32 Å². The summed E-state index contributed by atoms with van der Waals surface area (Å²) in [6, 6.07) is 33.2. The van der Waals surface area contributed by atoms with Crippen molar-refractivity contribution in [3.63, 3.8) is 0 Å². The largest absolute Gasteiger partial charge is 0.361 e. The van der Waals surface area contributed by atoms with Crippen LogP contribution in [-0.2, 0) is 0 Å². The molecule has 0 spiro atoms. The highest BCUT2D eigenvalue weighted by molar-refractivity contribution is 7.18. The molecule has 3 aromatic heterocycles. The van der Waals surface area contributed by atoms with Gasteiger partial charge in [-0.05, 0) is 41.0 Å². The Labute approximate surface area is 228 Å². The maximum absolute atomic E-state index is 6.29. The molecule has 3 heterocycles. The van der Waals surface area contributed by atoms with Gasteiger partial charge in [-0.1, -0.05) is 95.7 Å². The average molecular weight is 532 g/mol. The van der Waals surface area contributed by atoms with Crippen molar-refractivity contribution in [2.45, 2.75) is 5.92 Å². The van der Waals surface area contributed by atoms with E-state index in [1.807, 2.05) is 24.3 Å². The lowest BCUT2D eigenvalue weighted by molar-refractivity contribution is 0.998. The van der Waals surface area contributed by atoms with Gasteiger partial charge < -0.3 is 15.3 Å². The number of anilines is 2. The summed E-state index contributed by atoms with van der Waals surface area (Å²) in [7, 11) is 0. The molecule has 0 aliphatic rings. The number of benzene rings is 4. The minimum absolute atomic E-state index is 0.0585. The van der Waals surface area contributed by atoms with E-state index < -0.39 is 0 Å². The molecule has 0 aliphatic heterocycles. The second-order valence-electron chi connectivity index (χ2n) is 9.15. The van der Waals surface area contributed by atoms with Crippen LogP contribution in [0.1, 0.15) is 22.6 Å². The van der Waals surface area contributed by atoms with Crippen LogP contribution < -0.4 is 5.32 Å². The molecule has 0 radical (unpaired) electrons. The molecule has 0 atom stereocenters. The fourth-order valence-electron chi connectivity index (χ4n) is 5.08. The third-order valence-electron chi connectivity index (χ3n) is 6.90. The number of aromatic nitrogens is 4. The Morgan fingerprint density at radius 3 is 1.95 bits per heavy atom. The number of fused-ring (bicyclic) bond motifs is 2. The van der Waals surface area contributed by atoms with Crippen LogP contribution >= 0.6 is 22.9 Å². The molecule has 184 valence electrons. The molecule has 0 unspecified atom stereocenters. The summed E-state index contributed by atoms with van der Waals surface area (Å²) in [6.07, 6.45) is 4.28. The standard InChI is InChI=1S/C31H22ClN5S/c32-25-9-3-6-12-28(25)35-31-37-36-30(38-31)20-15-13-19(14-16-20)29(23-17-33-26-10-4-1-7-21(23)26)24-18-34-27-11-5-2-8-22(24)27/h1-18,29,33-34H,(H,35,37). The van der Waals surface area contributed by atoms with Crippen LogP contribution in [0.3, 0.4) is 0 Å². The maximum atomic E-state index is 6.29. The van der Waals surface area contributed by atoms with Crippen molar-refractivity contribution in [3.8, 4) is 10.6 Å². The van der Waals surface area contributed by atoms with Crippen LogP contribution in [-0.4, -0.2) is 20.2 Å². The zero-order chi connectivity index (χ0) is 25.5. The number of H-pyrrole nitrogens is 2.